The van der Waals surface area contributed by atoms with E-state index >= 15 is 0 Å². The highest BCUT2D eigenvalue weighted by Crippen LogP contribution is 2.35. The molecule has 0 N–H and O–H groups in total. The minimum Gasteiger partial charge on any atom is -0.337 e. The summed E-state index contributed by atoms with van der Waals surface area (Å²) in [5, 5.41) is 0. The number of carbonyl (C=O) groups is 1. The maximum atomic E-state index is 13.2. The van der Waals surface area contributed by atoms with Crippen molar-refractivity contribution in [2.24, 2.45) is 0 Å². The summed E-state index contributed by atoms with van der Waals surface area (Å²) in [7, 11) is 0. The molecule has 0 saturated carbocycles. The zero-order valence-corrected chi connectivity index (χ0v) is 16.0. The number of rotatable bonds is 4. The van der Waals surface area contributed by atoms with Crippen LogP contribution in [0.3, 0.4) is 0 Å². The molecule has 1 fully saturated rings. The van der Waals surface area contributed by atoms with Crippen molar-refractivity contribution in [3.05, 3.63) is 89.5 Å². The standard InChI is InChI=1S/C23H24N4O/c1-17-6-4-7-18(12-17)13-25-15-21-22(16-25)27(14-19-8-2-3-10-24-19)23(28)20-9-5-11-26(20)21/h2-12,21-22H,13-16H2,1H3. The average Bonchev–Trinajstić information content (AvgIpc) is 3.33. The molecule has 2 aromatic heterocycles. The molecule has 0 spiro atoms. The van der Waals surface area contributed by atoms with E-state index in [0.717, 1.165) is 31.0 Å². The van der Waals surface area contributed by atoms with Crippen LogP contribution in [0.4, 0.5) is 0 Å². The quantitative estimate of drug-likeness (QED) is 0.706. The van der Waals surface area contributed by atoms with Gasteiger partial charge in [0.15, 0.2) is 0 Å². The lowest BCUT2D eigenvalue weighted by molar-refractivity contribution is 0.0553. The minimum atomic E-state index is 0.106. The largest absolute Gasteiger partial charge is 0.337 e. The van der Waals surface area contributed by atoms with Gasteiger partial charge in [-0.2, -0.15) is 0 Å². The Bertz CT molecular complexity index is 997. The molecule has 0 radical (unpaired) electrons. The Hall–Kier alpha value is -2.92. The van der Waals surface area contributed by atoms with Gasteiger partial charge >= 0.3 is 0 Å². The molecule has 5 rings (SSSR count). The number of carbonyl (C=O) groups excluding carboxylic acids is 1. The van der Waals surface area contributed by atoms with Gasteiger partial charge in [-0.05, 0) is 36.8 Å². The number of likely N-dealkylation sites (tertiary alicyclic amines) is 1. The number of amides is 1. The fraction of sp³-hybridized carbons (Fsp3) is 0.304. The number of fused-ring (bicyclic) bond motifs is 3. The number of benzene rings is 1. The molecule has 2 atom stereocenters. The van der Waals surface area contributed by atoms with E-state index in [1.165, 1.54) is 11.1 Å². The summed E-state index contributed by atoms with van der Waals surface area (Å²) in [5.74, 6) is 0.106. The Morgan fingerprint density at radius 1 is 1.00 bits per heavy atom. The van der Waals surface area contributed by atoms with Crippen LogP contribution in [0, 0.1) is 6.92 Å². The molecule has 3 aromatic rings. The lowest BCUT2D eigenvalue weighted by Crippen LogP contribution is -2.49. The fourth-order valence-corrected chi connectivity index (χ4v) is 4.64. The van der Waals surface area contributed by atoms with Gasteiger partial charge in [0.05, 0.1) is 24.3 Å². The number of aromatic nitrogens is 2. The zero-order chi connectivity index (χ0) is 19.1. The van der Waals surface area contributed by atoms with Gasteiger partial charge in [0.25, 0.3) is 5.91 Å². The lowest BCUT2D eigenvalue weighted by Gasteiger charge is -2.38. The van der Waals surface area contributed by atoms with E-state index in [1.54, 1.807) is 6.20 Å². The van der Waals surface area contributed by atoms with Crippen LogP contribution in [0.5, 0.6) is 0 Å². The summed E-state index contributed by atoms with van der Waals surface area (Å²) < 4.78 is 2.18. The average molecular weight is 372 g/mol. The lowest BCUT2D eigenvalue weighted by atomic mass is 10.1. The van der Waals surface area contributed by atoms with Crippen molar-refractivity contribution >= 4 is 5.91 Å². The molecular weight excluding hydrogens is 348 g/mol. The summed E-state index contributed by atoms with van der Waals surface area (Å²) in [4.78, 5) is 22.1. The first-order valence-corrected chi connectivity index (χ1v) is 9.84. The molecule has 28 heavy (non-hydrogen) atoms. The van der Waals surface area contributed by atoms with E-state index in [4.69, 9.17) is 0 Å². The van der Waals surface area contributed by atoms with Gasteiger partial charge < -0.3 is 9.47 Å². The van der Waals surface area contributed by atoms with Crippen LogP contribution in [-0.2, 0) is 13.1 Å². The van der Waals surface area contributed by atoms with E-state index < -0.39 is 0 Å². The molecule has 1 aromatic carbocycles. The van der Waals surface area contributed by atoms with Gasteiger partial charge in [0, 0.05) is 32.0 Å². The van der Waals surface area contributed by atoms with E-state index in [9.17, 15) is 4.79 Å². The van der Waals surface area contributed by atoms with Crippen LogP contribution >= 0.6 is 0 Å². The van der Waals surface area contributed by atoms with E-state index in [-0.39, 0.29) is 18.0 Å². The predicted molar refractivity (Wildman–Crippen MR) is 108 cm³/mol. The third kappa shape index (κ3) is 3.02. The SMILES string of the molecule is Cc1cccc(CN2CC3C(C2)n2cccc2C(=O)N3Cc2ccccn2)c1. The molecule has 2 aliphatic heterocycles. The van der Waals surface area contributed by atoms with E-state index in [2.05, 4.69) is 51.8 Å². The minimum absolute atomic E-state index is 0.106. The summed E-state index contributed by atoms with van der Waals surface area (Å²) in [6.07, 6.45) is 3.85. The summed E-state index contributed by atoms with van der Waals surface area (Å²) in [6, 6.07) is 19.0. The monoisotopic (exact) mass is 372 g/mol. The predicted octanol–water partition coefficient (Wildman–Crippen LogP) is 3.27. The normalized spacial score (nSPS) is 21.6. The van der Waals surface area contributed by atoms with Crippen LogP contribution in [0.2, 0.25) is 0 Å². The number of aryl methyl sites for hydroxylation is 1. The van der Waals surface area contributed by atoms with Crippen LogP contribution in [0.25, 0.3) is 0 Å². The molecule has 5 nitrogen and oxygen atoms in total. The van der Waals surface area contributed by atoms with Gasteiger partial charge in [-0.15, -0.1) is 0 Å². The molecule has 2 aliphatic rings. The Morgan fingerprint density at radius 3 is 2.71 bits per heavy atom. The highest BCUT2D eigenvalue weighted by Gasteiger charge is 2.44. The third-order valence-electron chi connectivity index (χ3n) is 5.90. The summed E-state index contributed by atoms with van der Waals surface area (Å²) >= 11 is 0. The Kier molecular flexibility index (Phi) is 4.24. The maximum absolute atomic E-state index is 13.2. The number of pyridine rings is 1. The fourth-order valence-electron chi connectivity index (χ4n) is 4.64. The van der Waals surface area contributed by atoms with E-state index in [0.29, 0.717) is 6.54 Å². The number of nitrogens with zero attached hydrogens (tertiary/aromatic N) is 4. The summed E-state index contributed by atoms with van der Waals surface area (Å²) in [6.45, 7) is 5.44. The zero-order valence-electron chi connectivity index (χ0n) is 16.0. The smallest absolute Gasteiger partial charge is 0.271 e. The van der Waals surface area contributed by atoms with Crippen LogP contribution in [-0.4, -0.2) is 44.4 Å². The summed E-state index contributed by atoms with van der Waals surface area (Å²) in [5.41, 5.74) is 4.34. The van der Waals surface area contributed by atoms with Crippen molar-refractivity contribution in [1.82, 2.24) is 19.4 Å². The molecule has 1 saturated heterocycles. The van der Waals surface area contributed by atoms with Crippen LogP contribution < -0.4 is 0 Å². The van der Waals surface area contributed by atoms with Crippen LogP contribution in [0.1, 0.15) is 33.4 Å². The van der Waals surface area contributed by atoms with Gasteiger partial charge in [-0.1, -0.05) is 35.9 Å². The van der Waals surface area contributed by atoms with Gasteiger partial charge in [-0.25, -0.2) is 0 Å². The third-order valence-corrected chi connectivity index (χ3v) is 5.90. The second-order valence-corrected chi connectivity index (χ2v) is 7.87. The molecule has 0 aliphatic carbocycles. The topological polar surface area (TPSA) is 41.4 Å². The Labute approximate surface area is 165 Å². The molecule has 2 unspecified atom stereocenters. The van der Waals surface area contributed by atoms with Crippen molar-refractivity contribution in [3.63, 3.8) is 0 Å². The van der Waals surface area contributed by atoms with Gasteiger partial charge in [-0.3, -0.25) is 14.7 Å². The van der Waals surface area contributed by atoms with Gasteiger partial charge in [0.1, 0.15) is 5.69 Å². The number of hydrogen-bond acceptors (Lipinski definition) is 3. The van der Waals surface area contributed by atoms with Crippen molar-refractivity contribution in [2.45, 2.75) is 32.1 Å². The maximum Gasteiger partial charge on any atom is 0.271 e. The molecule has 4 heterocycles. The van der Waals surface area contributed by atoms with E-state index in [1.807, 2.05) is 35.2 Å². The Balaban J connectivity index is 1.43. The molecule has 1 amide bonds. The Morgan fingerprint density at radius 2 is 1.89 bits per heavy atom. The molecule has 142 valence electrons. The first-order chi connectivity index (χ1) is 13.7. The van der Waals surface area contributed by atoms with Crippen molar-refractivity contribution in [2.75, 3.05) is 13.1 Å². The van der Waals surface area contributed by atoms with Crippen molar-refractivity contribution in [1.29, 1.82) is 0 Å². The molecule has 5 heteroatoms. The first kappa shape index (κ1) is 17.2. The highest BCUT2D eigenvalue weighted by atomic mass is 16.2. The van der Waals surface area contributed by atoms with Crippen molar-refractivity contribution < 1.29 is 4.79 Å². The molecular formula is C23H24N4O. The molecule has 0 bridgehead atoms. The second kappa shape index (κ2) is 6.91. The van der Waals surface area contributed by atoms with Crippen LogP contribution in [0.15, 0.2) is 67.0 Å². The second-order valence-electron chi connectivity index (χ2n) is 7.87. The highest BCUT2D eigenvalue weighted by molar-refractivity contribution is 5.94. The van der Waals surface area contributed by atoms with Crippen molar-refractivity contribution in [3.8, 4) is 0 Å². The first-order valence-electron chi connectivity index (χ1n) is 9.84. The number of hydrogen-bond donors (Lipinski definition) is 0. The van der Waals surface area contributed by atoms with Gasteiger partial charge in [0.2, 0.25) is 0 Å².